The largest absolute Gasteiger partial charge is 0.482 e. The summed E-state index contributed by atoms with van der Waals surface area (Å²) in [7, 11) is 0. The fourth-order valence-electron chi connectivity index (χ4n) is 2.27. The Morgan fingerprint density at radius 2 is 1.91 bits per heavy atom. The molecule has 0 spiro atoms. The van der Waals surface area contributed by atoms with E-state index in [0.717, 1.165) is 11.3 Å². The number of carboxylic acid groups (broad SMARTS) is 1. The van der Waals surface area contributed by atoms with Crippen molar-refractivity contribution in [1.29, 1.82) is 0 Å². The number of aromatic carboxylic acids is 1. The molecule has 1 N–H and O–H groups in total. The van der Waals surface area contributed by atoms with E-state index in [2.05, 4.69) is 26.8 Å². The van der Waals surface area contributed by atoms with Gasteiger partial charge in [-0.2, -0.15) is 0 Å². The van der Waals surface area contributed by atoms with Crippen molar-refractivity contribution in [2.24, 2.45) is 0 Å². The van der Waals surface area contributed by atoms with E-state index < -0.39 is 5.97 Å². The number of aryl methyl sites for hydroxylation is 1. The molecule has 1 unspecified atom stereocenters. The third-order valence-electron chi connectivity index (χ3n) is 3.49. The number of furan rings is 1. The first-order valence-corrected chi connectivity index (χ1v) is 7.29. The summed E-state index contributed by atoms with van der Waals surface area (Å²) in [5.41, 5.74) is 2.25. The van der Waals surface area contributed by atoms with E-state index >= 15 is 0 Å². The van der Waals surface area contributed by atoms with E-state index in [1.165, 1.54) is 11.6 Å². The maximum absolute atomic E-state index is 10.9. The van der Waals surface area contributed by atoms with Crippen molar-refractivity contribution in [1.82, 2.24) is 0 Å². The second-order valence-electron chi connectivity index (χ2n) is 6.52. The Morgan fingerprint density at radius 3 is 2.45 bits per heavy atom. The van der Waals surface area contributed by atoms with Crippen LogP contribution in [0.1, 0.15) is 61.2 Å². The third-order valence-corrected chi connectivity index (χ3v) is 3.49. The quantitative estimate of drug-likeness (QED) is 0.887. The second-order valence-corrected chi connectivity index (χ2v) is 6.52. The summed E-state index contributed by atoms with van der Waals surface area (Å²) in [5, 5.41) is 8.92. The van der Waals surface area contributed by atoms with Gasteiger partial charge in [0.25, 0.3) is 0 Å². The fraction of sp³-hybridized carbons (Fsp3) is 0.389. The van der Waals surface area contributed by atoms with Crippen molar-refractivity contribution in [3.8, 4) is 5.75 Å². The summed E-state index contributed by atoms with van der Waals surface area (Å²) in [6.07, 6.45) is -0.364. The van der Waals surface area contributed by atoms with Crippen molar-refractivity contribution in [2.75, 3.05) is 0 Å². The van der Waals surface area contributed by atoms with Crippen LogP contribution in [-0.4, -0.2) is 11.1 Å². The molecule has 0 radical (unpaired) electrons. The number of hydrogen-bond acceptors (Lipinski definition) is 3. The van der Waals surface area contributed by atoms with Crippen LogP contribution >= 0.6 is 0 Å². The highest BCUT2D eigenvalue weighted by molar-refractivity contribution is 5.84. The van der Waals surface area contributed by atoms with Gasteiger partial charge in [-0.05, 0) is 43.0 Å². The van der Waals surface area contributed by atoms with E-state index in [0.29, 0.717) is 5.76 Å². The van der Waals surface area contributed by atoms with Crippen molar-refractivity contribution < 1.29 is 19.1 Å². The van der Waals surface area contributed by atoms with Gasteiger partial charge in [0.15, 0.2) is 6.10 Å². The normalized spacial score (nSPS) is 13.0. The lowest BCUT2D eigenvalue weighted by Crippen LogP contribution is -2.15. The first kappa shape index (κ1) is 16.1. The monoisotopic (exact) mass is 302 g/mol. The first-order chi connectivity index (χ1) is 10.2. The second kappa shape index (κ2) is 5.87. The summed E-state index contributed by atoms with van der Waals surface area (Å²) < 4.78 is 11.3. The molecular formula is C18H22O4. The van der Waals surface area contributed by atoms with Crippen LogP contribution in [0, 0.1) is 6.92 Å². The van der Waals surface area contributed by atoms with Crippen LogP contribution in [0.5, 0.6) is 5.75 Å². The molecule has 0 aliphatic rings. The van der Waals surface area contributed by atoms with Crippen molar-refractivity contribution in [3.05, 3.63) is 53.0 Å². The maximum atomic E-state index is 10.9. The smallest absolute Gasteiger partial charge is 0.371 e. The zero-order valence-corrected chi connectivity index (χ0v) is 13.6. The van der Waals surface area contributed by atoms with Crippen LogP contribution in [0.25, 0.3) is 0 Å². The van der Waals surface area contributed by atoms with Gasteiger partial charge in [-0.3, -0.25) is 0 Å². The number of hydrogen-bond donors (Lipinski definition) is 1. The van der Waals surface area contributed by atoms with Gasteiger partial charge in [0, 0.05) is 0 Å². The summed E-state index contributed by atoms with van der Waals surface area (Å²) in [6.45, 7) is 10.3. The van der Waals surface area contributed by atoms with E-state index in [4.69, 9.17) is 14.3 Å². The number of rotatable bonds is 4. The maximum Gasteiger partial charge on any atom is 0.371 e. The minimum atomic E-state index is -1.08. The fourth-order valence-corrected chi connectivity index (χ4v) is 2.27. The van der Waals surface area contributed by atoms with Gasteiger partial charge in [-0.15, -0.1) is 0 Å². The molecule has 4 heteroatoms. The molecule has 0 saturated heterocycles. The van der Waals surface area contributed by atoms with Crippen LogP contribution < -0.4 is 4.74 Å². The Bertz CT molecular complexity index is 677. The number of carboxylic acids is 1. The molecule has 4 nitrogen and oxygen atoms in total. The lowest BCUT2D eigenvalue weighted by Gasteiger charge is -2.25. The van der Waals surface area contributed by atoms with Crippen molar-refractivity contribution in [3.63, 3.8) is 0 Å². The predicted molar refractivity (Wildman–Crippen MR) is 84.6 cm³/mol. The molecule has 1 aromatic carbocycles. The molecule has 1 aromatic heterocycles. The Balaban J connectivity index is 2.28. The summed E-state index contributed by atoms with van der Waals surface area (Å²) in [6, 6.07) is 9.15. The Labute approximate surface area is 130 Å². The molecule has 0 fully saturated rings. The van der Waals surface area contributed by atoms with Gasteiger partial charge in [-0.1, -0.05) is 38.5 Å². The lowest BCUT2D eigenvalue weighted by atomic mass is 9.85. The molecule has 0 amide bonds. The average molecular weight is 302 g/mol. The number of benzene rings is 1. The van der Waals surface area contributed by atoms with Crippen molar-refractivity contribution in [2.45, 2.75) is 46.1 Å². The first-order valence-electron chi connectivity index (χ1n) is 7.29. The molecule has 2 rings (SSSR count). The highest BCUT2D eigenvalue weighted by atomic mass is 16.5. The highest BCUT2D eigenvalue weighted by Gasteiger charge is 2.22. The highest BCUT2D eigenvalue weighted by Crippen LogP contribution is 2.34. The molecule has 1 atom stereocenters. The average Bonchev–Trinajstić information content (AvgIpc) is 2.89. The topological polar surface area (TPSA) is 59.7 Å². The molecule has 1 heterocycles. The number of ether oxygens (including phenoxy) is 1. The van der Waals surface area contributed by atoms with Crippen LogP contribution in [0.2, 0.25) is 0 Å². The van der Waals surface area contributed by atoms with E-state index in [-0.39, 0.29) is 17.3 Å². The van der Waals surface area contributed by atoms with E-state index in [9.17, 15) is 4.79 Å². The van der Waals surface area contributed by atoms with Gasteiger partial charge in [0.05, 0.1) is 0 Å². The molecule has 0 aliphatic carbocycles. The summed E-state index contributed by atoms with van der Waals surface area (Å²) in [4.78, 5) is 10.9. The van der Waals surface area contributed by atoms with Gasteiger partial charge in [0.2, 0.25) is 5.76 Å². The molecular weight excluding hydrogens is 280 g/mol. The number of carbonyl (C=O) groups is 1. The summed E-state index contributed by atoms with van der Waals surface area (Å²) >= 11 is 0. The minimum Gasteiger partial charge on any atom is -0.482 e. The van der Waals surface area contributed by atoms with E-state index in [1.807, 2.05) is 26.0 Å². The minimum absolute atomic E-state index is 0.0452. The van der Waals surface area contributed by atoms with Gasteiger partial charge < -0.3 is 14.3 Å². The van der Waals surface area contributed by atoms with Gasteiger partial charge in [-0.25, -0.2) is 4.79 Å². The Hall–Kier alpha value is -2.23. The standard InChI is InChI=1S/C18H22O4/c1-11-6-7-15(13(10-11)18(3,4)5)21-12(2)14-8-9-16(22-14)17(19)20/h6-10,12H,1-5H3,(H,19,20). The molecule has 118 valence electrons. The van der Waals surface area contributed by atoms with Gasteiger partial charge >= 0.3 is 5.97 Å². The molecule has 2 aromatic rings. The zero-order chi connectivity index (χ0) is 16.5. The van der Waals surface area contributed by atoms with Crippen LogP contribution in [-0.2, 0) is 5.41 Å². The Kier molecular flexibility index (Phi) is 4.31. The van der Waals surface area contributed by atoms with E-state index in [1.54, 1.807) is 6.07 Å². The van der Waals surface area contributed by atoms with Crippen LogP contribution in [0.3, 0.4) is 0 Å². The molecule has 0 aliphatic heterocycles. The van der Waals surface area contributed by atoms with Crippen LogP contribution in [0.15, 0.2) is 34.7 Å². The van der Waals surface area contributed by atoms with Crippen LogP contribution in [0.4, 0.5) is 0 Å². The molecule has 0 saturated carbocycles. The lowest BCUT2D eigenvalue weighted by molar-refractivity contribution is 0.0655. The van der Waals surface area contributed by atoms with Gasteiger partial charge in [0.1, 0.15) is 11.5 Å². The molecule has 22 heavy (non-hydrogen) atoms. The Morgan fingerprint density at radius 1 is 1.23 bits per heavy atom. The third kappa shape index (κ3) is 3.50. The SMILES string of the molecule is Cc1ccc(OC(C)c2ccc(C(=O)O)o2)c(C(C)(C)C)c1. The zero-order valence-electron chi connectivity index (χ0n) is 13.6. The van der Waals surface area contributed by atoms with Crippen molar-refractivity contribution >= 4 is 5.97 Å². The molecule has 0 bridgehead atoms. The summed E-state index contributed by atoms with van der Waals surface area (Å²) in [5.74, 6) is 0.131. The predicted octanol–water partition coefficient (Wildman–Crippen LogP) is 4.72.